The number of nitrogens with one attached hydrogen (secondary N) is 1. The third-order valence-corrected chi connectivity index (χ3v) is 4.93. The van der Waals surface area contributed by atoms with Gasteiger partial charge >= 0.3 is 0 Å². The Morgan fingerprint density at radius 3 is 1.80 bits per heavy atom. The molecule has 0 spiro atoms. The lowest BCUT2D eigenvalue weighted by atomic mass is 10.1. The van der Waals surface area contributed by atoms with E-state index in [0.717, 1.165) is 24.7 Å². The predicted octanol–water partition coefficient (Wildman–Crippen LogP) is 6.03. The number of amidine groups is 1. The molecule has 0 radical (unpaired) electrons. The summed E-state index contributed by atoms with van der Waals surface area (Å²) in [5.74, 6) is 0. The summed E-state index contributed by atoms with van der Waals surface area (Å²) in [6.45, 7) is 2.29. The molecule has 0 aromatic heterocycles. The largest absolute Gasteiger partial charge is 0.365 e. The molecule has 0 amide bonds. The van der Waals surface area contributed by atoms with Crippen LogP contribution < -0.4 is 5.32 Å². The van der Waals surface area contributed by atoms with Gasteiger partial charge in [-0.15, -0.1) is 0 Å². The van der Waals surface area contributed by atoms with Gasteiger partial charge in [0.25, 0.3) is 0 Å². The first-order valence-electron chi connectivity index (χ1n) is 9.79. The van der Waals surface area contributed by atoms with Crippen molar-refractivity contribution in [1.82, 2.24) is 5.32 Å². The van der Waals surface area contributed by atoms with Gasteiger partial charge in [-0.05, 0) is 41.6 Å². The lowest BCUT2D eigenvalue weighted by molar-refractivity contribution is 0.866. The van der Waals surface area contributed by atoms with Crippen molar-refractivity contribution in [1.29, 1.82) is 0 Å². The van der Waals surface area contributed by atoms with Gasteiger partial charge in [-0.2, -0.15) is 0 Å². The summed E-state index contributed by atoms with van der Waals surface area (Å²) in [4.78, 5) is 8.42. The van der Waals surface area contributed by atoms with Crippen molar-refractivity contribution < 1.29 is 0 Å². The van der Waals surface area contributed by atoms with Crippen LogP contribution in [-0.4, -0.2) is 23.1 Å². The maximum Gasteiger partial charge on any atom is 0.156 e. The molecule has 0 bridgehead atoms. The molecular formula is C25H27N3S2. The summed E-state index contributed by atoms with van der Waals surface area (Å²) in [7, 11) is 0. The molecular weight excluding hydrogens is 406 g/mol. The molecule has 3 rings (SSSR count). The van der Waals surface area contributed by atoms with E-state index in [9.17, 15) is 0 Å². The number of aliphatic imine (C=N–C) groups is 2. The topological polar surface area (TPSA) is 36.8 Å². The number of thioether (sulfide) groups is 1. The van der Waals surface area contributed by atoms with Crippen LogP contribution in [0.4, 0.5) is 0 Å². The predicted molar refractivity (Wildman–Crippen MR) is 134 cm³/mol. The third-order valence-electron chi connectivity index (χ3n) is 4.14. The number of hydrogen-bond donors (Lipinski definition) is 1. The van der Waals surface area contributed by atoms with Crippen molar-refractivity contribution in [3.05, 3.63) is 108 Å². The number of nitrogens with zero attached hydrogens (tertiary/aromatic N) is 2. The molecule has 0 saturated heterocycles. The average Bonchev–Trinajstić information content (AvgIpc) is 2.82. The van der Waals surface area contributed by atoms with E-state index >= 15 is 0 Å². The minimum atomic E-state index is 0.643. The normalized spacial score (nSPS) is 10.4. The summed E-state index contributed by atoms with van der Waals surface area (Å²) in [5.41, 5.74) is 3.76. The van der Waals surface area contributed by atoms with E-state index in [1.807, 2.05) is 54.6 Å². The van der Waals surface area contributed by atoms with Crippen LogP contribution in [0.2, 0.25) is 0 Å². The van der Waals surface area contributed by atoms with Gasteiger partial charge in [0.1, 0.15) is 0 Å². The second-order valence-corrected chi connectivity index (χ2v) is 7.34. The van der Waals surface area contributed by atoms with Gasteiger partial charge in [-0.1, -0.05) is 103 Å². The molecule has 1 N–H and O–H groups in total. The highest BCUT2D eigenvalue weighted by Gasteiger charge is 1.97. The molecule has 0 fully saturated rings. The Morgan fingerprint density at radius 2 is 1.30 bits per heavy atom. The Hall–Kier alpha value is -2.72. The number of hydrogen-bond acceptors (Lipinski definition) is 4. The van der Waals surface area contributed by atoms with E-state index in [1.165, 1.54) is 16.7 Å². The lowest BCUT2D eigenvalue weighted by Crippen LogP contribution is -2.23. The third kappa shape index (κ3) is 10.2. The van der Waals surface area contributed by atoms with Gasteiger partial charge in [0.15, 0.2) is 5.17 Å². The van der Waals surface area contributed by atoms with Crippen LogP contribution in [0.15, 0.2) is 101 Å². The van der Waals surface area contributed by atoms with E-state index in [2.05, 4.69) is 75.3 Å². The quantitative estimate of drug-likeness (QED) is 0.281. The van der Waals surface area contributed by atoms with Crippen LogP contribution in [0.25, 0.3) is 0 Å². The Kier molecular flexibility index (Phi) is 11.9. The smallest absolute Gasteiger partial charge is 0.156 e. The van der Waals surface area contributed by atoms with Crippen molar-refractivity contribution in [3.8, 4) is 0 Å². The van der Waals surface area contributed by atoms with Crippen molar-refractivity contribution >= 4 is 34.3 Å². The van der Waals surface area contributed by atoms with Crippen LogP contribution in [0.1, 0.15) is 16.7 Å². The van der Waals surface area contributed by atoms with E-state index in [1.54, 1.807) is 11.8 Å². The zero-order valence-corrected chi connectivity index (χ0v) is 18.8. The van der Waals surface area contributed by atoms with E-state index in [-0.39, 0.29) is 0 Å². The molecule has 154 valence electrons. The second-order valence-electron chi connectivity index (χ2n) is 6.37. The minimum Gasteiger partial charge on any atom is -0.365 e. The van der Waals surface area contributed by atoms with Crippen LogP contribution in [0.3, 0.4) is 0 Å². The molecule has 0 aliphatic rings. The van der Waals surface area contributed by atoms with Gasteiger partial charge < -0.3 is 5.32 Å². The summed E-state index contributed by atoms with van der Waals surface area (Å²) < 4.78 is 0. The molecule has 0 atom stereocenters. The highest BCUT2D eigenvalue weighted by molar-refractivity contribution is 8.13. The number of benzene rings is 3. The summed E-state index contributed by atoms with van der Waals surface area (Å²) in [5, 5.41) is 6.73. The van der Waals surface area contributed by atoms with Crippen molar-refractivity contribution in [3.63, 3.8) is 0 Å². The van der Waals surface area contributed by atoms with Crippen LogP contribution in [0, 0.1) is 0 Å². The first-order valence-corrected chi connectivity index (χ1v) is 11.4. The Bertz CT molecular complexity index is 907. The van der Waals surface area contributed by atoms with E-state index in [0.29, 0.717) is 6.54 Å². The summed E-state index contributed by atoms with van der Waals surface area (Å²) in [6.07, 6.45) is 3.07. The molecule has 0 aliphatic carbocycles. The molecule has 0 saturated carbocycles. The molecule has 3 aromatic rings. The van der Waals surface area contributed by atoms with Gasteiger partial charge in [0.2, 0.25) is 0 Å². The first kappa shape index (κ1) is 23.6. The van der Waals surface area contributed by atoms with E-state index < -0.39 is 0 Å². The molecule has 0 heterocycles. The van der Waals surface area contributed by atoms with Gasteiger partial charge in [-0.3, -0.25) is 4.99 Å². The summed E-state index contributed by atoms with van der Waals surface area (Å²) in [6, 6.07) is 30.8. The van der Waals surface area contributed by atoms with Gasteiger partial charge in [0, 0.05) is 6.54 Å². The highest BCUT2D eigenvalue weighted by atomic mass is 32.2. The molecule has 3 aromatic carbocycles. The average molecular weight is 434 g/mol. The molecule has 0 aliphatic heterocycles. The minimum absolute atomic E-state index is 0.643. The Morgan fingerprint density at radius 1 is 0.800 bits per heavy atom. The van der Waals surface area contributed by atoms with Crippen LogP contribution in [-0.2, 0) is 19.5 Å². The number of thiocarbonyl (C=S) groups is 1. The second kappa shape index (κ2) is 15.2. The van der Waals surface area contributed by atoms with Crippen LogP contribution >= 0.6 is 24.0 Å². The van der Waals surface area contributed by atoms with E-state index in [4.69, 9.17) is 0 Å². The molecule has 30 heavy (non-hydrogen) atoms. The van der Waals surface area contributed by atoms with Crippen LogP contribution in [0.5, 0.6) is 0 Å². The standard InChI is InChI=1S/C17H20N2S.C8H7NS/c1-20-17(19-14-16-10-6-3-7-11-16)18-13-12-15-8-4-2-5-9-15;10-7-9-6-8-4-2-1-3-5-8/h2-11H,12-14H2,1H3,(H,18,19);1-5H,6H2. The van der Waals surface area contributed by atoms with Crippen molar-refractivity contribution in [2.24, 2.45) is 9.98 Å². The zero-order valence-electron chi connectivity index (χ0n) is 17.2. The fourth-order valence-electron chi connectivity index (χ4n) is 2.60. The fourth-order valence-corrected chi connectivity index (χ4v) is 3.11. The van der Waals surface area contributed by atoms with Crippen molar-refractivity contribution in [2.75, 3.05) is 12.8 Å². The highest BCUT2D eigenvalue weighted by Crippen LogP contribution is 2.04. The number of rotatable bonds is 7. The molecule has 0 unspecified atom stereocenters. The van der Waals surface area contributed by atoms with Gasteiger partial charge in [0.05, 0.1) is 18.3 Å². The van der Waals surface area contributed by atoms with Crippen molar-refractivity contribution in [2.45, 2.75) is 19.5 Å². The first-order chi connectivity index (χ1) is 14.8. The van der Waals surface area contributed by atoms with Gasteiger partial charge in [-0.25, -0.2) is 4.99 Å². The molecule has 5 heteroatoms. The number of isothiocyanates is 1. The fraction of sp³-hybridized carbons (Fsp3) is 0.200. The monoisotopic (exact) mass is 433 g/mol. The zero-order chi connectivity index (χ0) is 21.3. The maximum atomic E-state index is 4.61. The summed E-state index contributed by atoms with van der Waals surface area (Å²) >= 11 is 6.10. The maximum absolute atomic E-state index is 4.61. The Balaban J connectivity index is 0.000000269. The Labute approximate surface area is 189 Å². The molecule has 3 nitrogen and oxygen atoms in total. The lowest BCUT2D eigenvalue weighted by Gasteiger charge is -2.08. The SMILES string of the molecule is CSC(=NCc1ccccc1)NCCc1ccccc1.S=C=NCc1ccccc1.